The number of para-hydroxylation sites is 1. The van der Waals surface area contributed by atoms with Crippen LogP contribution in [0.5, 0.6) is 11.5 Å². The van der Waals surface area contributed by atoms with Crippen LogP contribution >= 0.6 is 0 Å². The maximum Gasteiger partial charge on any atom is 0.236 e. The molecule has 0 radical (unpaired) electrons. The third-order valence-corrected chi connectivity index (χ3v) is 5.30. The molecule has 0 atom stereocenters. The predicted octanol–water partition coefficient (Wildman–Crippen LogP) is 2.24. The van der Waals surface area contributed by atoms with E-state index in [1.807, 2.05) is 31.3 Å². The highest BCUT2D eigenvalue weighted by Crippen LogP contribution is 2.31. The van der Waals surface area contributed by atoms with Gasteiger partial charge in [-0.05, 0) is 29.8 Å². The van der Waals surface area contributed by atoms with Crippen LogP contribution in [0.3, 0.4) is 0 Å². The molecule has 0 aromatic heterocycles. The minimum absolute atomic E-state index is 0.142. The minimum atomic E-state index is 0.142. The van der Waals surface area contributed by atoms with Gasteiger partial charge in [0, 0.05) is 45.5 Å². The lowest BCUT2D eigenvalue weighted by molar-refractivity contribution is -0.131. The van der Waals surface area contributed by atoms with Gasteiger partial charge in [0.25, 0.3) is 0 Å². The van der Waals surface area contributed by atoms with Crippen molar-refractivity contribution in [2.75, 3.05) is 57.9 Å². The van der Waals surface area contributed by atoms with Gasteiger partial charge in [-0.3, -0.25) is 9.69 Å². The number of carbonyl (C=O) groups excluding carboxylic acids is 1. The Bertz CT molecular complexity index is 804. The molecule has 6 heteroatoms. The summed E-state index contributed by atoms with van der Waals surface area (Å²) in [7, 11) is 1.86. The van der Waals surface area contributed by atoms with Crippen molar-refractivity contribution >= 4 is 11.6 Å². The number of fused-ring (bicyclic) bond motifs is 1. The summed E-state index contributed by atoms with van der Waals surface area (Å²) in [4.78, 5) is 19.1. The zero-order valence-corrected chi connectivity index (χ0v) is 16.3. The molecular weight excluding hydrogens is 354 g/mol. The Balaban J connectivity index is 1.27. The highest BCUT2D eigenvalue weighted by atomic mass is 16.6. The normalized spacial score (nSPS) is 16.7. The average molecular weight is 381 g/mol. The van der Waals surface area contributed by atoms with Crippen LogP contribution in [0.1, 0.15) is 5.56 Å². The van der Waals surface area contributed by atoms with E-state index in [-0.39, 0.29) is 5.91 Å². The second kappa shape index (κ2) is 8.52. The number of piperazine rings is 1. The summed E-state index contributed by atoms with van der Waals surface area (Å²) in [5, 5.41) is 0. The number of likely N-dealkylation sites (N-methyl/N-ethyl adjacent to an activating group) is 1. The lowest BCUT2D eigenvalue weighted by Gasteiger charge is -2.36. The van der Waals surface area contributed by atoms with Gasteiger partial charge >= 0.3 is 0 Å². The van der Waals surface area contributed by atoms with Crippen molar-refractivity contribution < 1.29 is 14.3 Å². The zero-order valence-electron chi connectivity index (χ0n) is 16.3. The first-order chi connectivity index (χ1) is 13.7. The lowest BCUT2D eigenvalue weighted by atomic mass is 10.2. The SMILES string of the molecule is CN(Cc1ccc2c(c1)OCCO2)C(=O)CN1CCN(c2ccccc2)CC1. The highest BCUT2D eigenvalue weighted by Gasteiger charge is 2.21. The molecule has 2 aromatic carbocycles. The van der Waals surface area contributed by atoms with E-state index in [1.165, 1.54) is 5.69 Å². The van der Waals surface area contributed by atoms with E-state index >= 15 is 0 Å². The molecule has 4 rings (SSSR count). The van der Waals surface area contributed by atoms with E-state index < -0.39 is 0 Å². The standard InChI is InChI=1S/C22H27N3O3/c1-23(16-18-7-8-20-21(15-18)28-14-13-27-20)22(26)17-24-9-11-25(12-10-24)19-5-3-2-4-6-19/h2-8,15H,9-14,16-17H2,1H3. The van der Waals surface area contributed by atoms with Crippen molar-refractivity contribution in [3.63, 3.8) is 0 Å². The second-order valence-corrected chi connectivity index (χ2v) is 7.33. The van der Waals surface area contributed by atoms with Crippen LogP contribution < -0.4 is 14.4 Å². The summed E-state index contributed by atoms with van der Waals surface area (Å²) in [6.07, 6.45) is 0. The van der Waals surface area contributed by atoms with Crippen molar-refractivity contribution in [3.05, 3.63) is 54.1 Å². The molecule has 2 aliphatic heterocycles. The number of rotatable bonds is 5. The fourth-order valence-corrected chi connectivity index (χ4v) is 3.66. The fourth-order valence-electron chi connectivity index (χ4n) is 3.66. The molecule has 0 bridgehead atoms. The molecular formula is C22H27N3O3. The molecule has 2 heterocycles. The van der Waals surface area contributed by atoms with E-state index in [0.717, 1.165) is 43.2 Å². The molecule has 148 valence electrons. The number of anilines is 1. The molecule has 0 N–H and O–H groups in total. The Morgan fingerprint density at radius 2 is 1.68 bits per heavy atom. The maximum absolute atomic E-state index is 12.7. The first kappa shape index (κ1) is 18.6. The van der Waals surface area contributed by atoms with Gasteiger partial charge in [-0.2, -0.15) is 0 Å². The van der Waals surface area contributed by atoms with Gasteiger partial charge in [0.05, 0.1) is 6.54 Å². The Kier molecular flexibility index (Phi) is 5.67. The van der Waals surface area contributed by atoms with E-state index in [9.17, 15) is 4.79 Å². The first-order valence-electron chi connectivity index (χ1n) is 9.84. The Morgan fingerprint density at radius 3 is 2.43 bits per heavy atom. The minimum Gasteiger partial charge on any atom is -0.486 e. The summed E-state index contributed by atoms with van der Waals surface area (Å²) >= 11 is 0. The van der Waals surface area contributed by atoms with Crippen LogP contribution in [-0.4, -0.2) is 68.7 Å². The molecule has 0 unspecified atom stereocenters. The average Bonchev–Trinajstić information content (AvgIpc) is 2.75. The molecule has 0 aliphatic carbocycles. The zero-order chi connectivity index (χ0) is 19.3. The van der Waals surface area contributed by atoms with Crippen LogP contribution in [-0.2, 0) is 11.3 Å². The van der Waals surface area contributed by atoms with Crippen LogP contribution in [0.4, 0.5) is 5.69 Å². The summed E-state index contributed by atoms with van der Waals surface area (Å²) in [6, 6.07) is 16.3. The van der Waals surface area contributed by atoms with E-state index in [4.69, 9.17) is 9.47 Å². The molecule has 2 aromatic rings. The van der Waals surface area contributed by atoms with E-state index in [1.54, 1.807) is 4.90 Å². The Morgan fingerprint density at radius 1 is 0.964 bits per heavy atom. The highest BCUT2D eigenvalue weighted by molar-refractivity contribution is 5.78. The molecule has 28 heavy (non-hydrogen) atoms. The third-order valence-electron chi connectivity index (χ3n) is 5.30. The maximum atomic E-state index is 12.7. The number of hydrogen-bond donors (Lipinski definition) is 0. The molecule has 1 saturated heterocycles. The second-order valence-electron chi connectivity index (χ2n) is 7.33. The molecule has 1 fully saturated rings. The summed E-state index contributed by atoms with van der Waals surface area (Å²) in [5.41, 5.74) is 2.30. The lowest BCUT2D eigenvalue weighted by Crippen LogP contribution is -2.49. The molecule has 0 saturated carbocycles. The van der Waals surface area contributed by atoms with Crippen LogP contribution in [0.15, 0.2) is 48.5 Å². The van der Waals surface area contributed by atoms with Crippen LogP contribution in [0.25, 0.3) is 0 Å². The van der Waals surface area contributed by atoms with Gasteiger partial charge in [-0.15, -0.1) is 0 Å². The van der Waals surface area contributed by atoms with Crippen molar-refractivity contribution in [1.82, 2.24) is 9.80 Å². The van der Waals surface area contributed by atoms with Gasteiger partial charge < -0.3 is 19.3 Å². The predicted molar refractivity (Wildman–Crippen MR) is 109 cm³/mol. The van der Waals surface area contributed by atoms with Crippen molar-refractivity contribution in [2.45, 2.75) is 6.54 Å². The summed E-state index contributed by atoms with van der Waals surface area (Å²) in [6.45, 7) is 5.88. The first-order valence-corrected chi connectivity index (χ1v) is 9.84. The van der Waals surface area contributed by atoms with Crippen LogP contribution in [0, 0.1) is 0 Å². The van der Waals surface area contributed by atoms with E-state index in [0.29, 0.717) is 26.3 Å². The van der Waals surface area contributed by atoms with Crippen molar-refractivity contribution in [3.8, 4) is 11.5 Å². The largest absolute Gasteiger partial charge is 0.486 e. The van der Waals surface area contributed by atoms with Crippen molar-refractivity contribution in [1.29, 1.82) is 0 Å². The molecule has 6 nitrogen and oxygen atoms in total. The Labute approximate surface area is 166 Å². The number of benzene rings is 2. The Hall–Kier alpha value is -2.73. The molecule has 1 amide bonds. The third kappa shape index (κ3) is 4.39. The number of amides is 1. The fraction of sp³-hybridized carbons (Fsp3) is 0.409. The van der Waals surface area contributed by atoms with Gasteiger partial charge in [0.1, 0.15) is 13.2 Å². The summed E-state index contributed by atoms with van der Waals surface area (Å²) in [5.74, 6) is 1.69. The van der Waals surface area contributed by atoms with Gasteiger partial charge in [-0.1, -0.05) is 24.3 Å². The van der Waals surface area contributed by atoms with Gasteiger partial charge in [-0.25, -0.2) is 0 Å². The number of carbonyl (C=O) groups is 1. The van der Waals surface area contributed by atoms with E-state index in [2.05, 4.69) is 34.1 Å². The van der Waals surface area contributed by atoms with Gasteiger partial charge in [0.15, 0.2) is 11.5 Å². The number of ether oxygens (including phenoxy) is 2. The smallest absolute Gasteiger partial charge is 0.236 e. The number of hydrogen-bond acceptors (Lipinski definition) is 5. The topological polar surface area (TPSA) is 45.3 Å². The quantitative estimate of drug-likeness (QED) is 0.795. The number of nitrogens with zero attached hydrogens (tertiary/aromatic N) is 3. The summed E-state index contributed by atoms with van der Waals surface area (Å²) < 4.78 is 11.2. The van der Waals surface area contributed by atoms with Gasteiger partial charge in [0.2, 0.25) is 5.91 Å². The molecule has 2 aliphatic rings. The monoisotopic (exact) mass is 381 g/mol. The van der Waals surface area contributed by atoms with Crippen molar-refractivity contribution in [2.24, 2.45) is 0 Å². The molecule has 0 spiro atoms. The van der Waals surface area contributed by atoms with Crippen LogP contribution in [0.2, 0.25) is 0 Å².